The highest BCUT2D eigenvalue weighted by molar-refractivity contribution is 6.20. The molecule has 11 heteroatoms. The number of ether oxygens (including phenoxy) is 1. The molecule has 4 amide bonds. The van der Waals surface area contributed by atoms with Crippen molar-refractivity contribution in [2.45, 2.75) is 51.4 Å². The number of carbonyl (C=O) groups is 3. The lowest BCUT2D eigenvalue weighted by Crippen LogP contribution is -2.75. The molecule has 3 fully saturated rings. The molecule has 0 saturated carbocycles. The summed E-state index contributed by atoms with van der Waals surface area (Å²) in [6.07, 6.45) is 1.23. The molecular weight excluding hydrogens is 418 g/mol. The minimum atomic E-state index is -1.64. The lowest BCUT2D eigenvalue weighted by molar-refractivity contribution is -0.384. The second kappa shape index (κ2) is 7.16. The molecule has 1 spiro atoms. The van der Waals surface area contributed by atoms with E-state index in [1.165, 1.54) is 6.07 Å². The summed E-state index contributed by atoms with van der Waals surface area (Å²) in [5, 5.41) is 16.4. The zero-order valence-electron chi connectivity index (χ0n) is 17.9. The molecule has 4 heterocycles. The molecule has 4 aliphatic rings. The summed E-state index contributed by atoms with van der Waals surface area (Å²) >= 11 is 0. The highest BCUT2D eigenvalue weighted by Gasteiger charge is 2.63. The van der Waals surface area contributed by atoms with Crippen LogP contribution in [0, 0.1) is 15.5 Å². The van der Waals surface area contributed by atoms with Gasteiger partial charge in [0.25, 0.3) is 5.69 Å². The first-order valence-electron chi connectivity index (χ1n) is 10.9. The molecule has 11 nitrogen and oxygen atoms in total. The Kier molecular flexibility index (Phi) is 4.63. The fourth-order valence-corrected chi connectivity index (χ4v) is 5.82. The van der Waals surface area contributed by atoms with Gasteiger partial charge in [-0.25, -0.2) is 4.79 Å². The third-order valence-corrected chi connectivity index (χ3v) is 7.05. The molecule has 1 aromatic rings. The van der Waals surface area contributed by atoms with Crippen molar-refractivity contribution >= 4 is 34.9 Å². The fourth-order valence-electron chi connectivity index (χ4n) is 5.82. The van der Waals surface area contributed by atoms with Crippen molar-refractivity contribution in [3.63, 3.8) is 0 Å². The maximum Gasteiger partial charge on any atom is 0.328 e. The Morgan fingerprint density at radius 3 is 2.38 bits per heavy atom. The number of barbiturate groups is 1. The largest absolute Gasteiger partial charge is 0.372 e. The van der Waals surface area contributed by atoms with Crippen molar-refractivity contribution in [1.82, 2.24) is 10.6 Å². The SMILES string of the molecule is C[C@@H]1CN2c3cc(N4CCCC4)c([N+](=O)[O-])cc3CC3(C(=O)NC(=O)NC3=O)[C@H]2[C@H](C)O1. The summed E-state index contributed by atoms with van der Waals surface area (Å²) in [6.45, 7) is 5.62. The molecule has 0 bridgehead atoms. The van der Waals surface area contributed by atoms with Crippen molar-refractivity contribution in [3.8, 4) is 0 Å². The van der Waals surface area contributed by atoms with Gasteiger partial charge >= 0.3 is 6.03 Å². The van der Waals surface area contributed by atoms with Gasteiger partial charge in [-0.1, -0.05) is 0 Å². The number of benzene rings is 1. The van der Waals surface area contributed by atoms with Crippen LogP contribution in [0.4, 0.5) is 21.9 Å². The lowest BCUT2D eigenvalue weighted by atomic mass is 9.66. The monoisotopic (exact) mass is 443 g/mol. The average Bonchev–Trinajstić information content (AvgIpc) is 3.25. The van der Waals surface area contributed by atoms with Crippen LogP contribution in [0.5, 0.6) is 0 Å². The van der Waals surface area contributed by atoms with Crippen LogP contribution in [-0.4, -0.2) is 60.7 Å². The van der Waals surface area contributed by atoms with Gasteiger partial charge in [-0.3, -0.25) is 30.3 Å². The van der Waals surface area contributed by atoms with E-state index in [4.69, 9.17) is 4.74 Å². The molecule has 0 unspecified atom stereocenters. The van der Waals surface area contributed by atoms with Crippen molar-refractivity contribution in [1.29, 1.82) is 0 Å². The Morgan fingerprint density at radius 2 is 1.75 bits per heavy atom. The predicted molar refractivity (Wildman–Crippen MR) is 114 cm³/mol. The van der Waals surface area contributed by atoms with Gasteiger partial charge in [0.15, 0.2) is 5.41 Å². The van der Waals surface area contributed by atoms with E-state index in [1.54, 1.807) is 0 Å². The summed E-state index contributed by atoms with van der Waals surface area (Å²) in [5.74, 6) is -1.41. The standard InChI is InChI=1S/C21H25N5O6/c1-11-10-25-14-8-15(24-5-3-4-6-24)16(26(30)31)7-13(14)9-21(17(25)12(2)32-11)18(27)22-20(29)23-19(21)28/h7-8,11-12,17H,3-6,9-10H2,1-2H3,(H2,22,23,27,28,29)/t11-,12+,17-/m1/s1. The molecule has 3 saturated heterocycles. The Balaban J connectivity index is 1.71. The van der Waals surface area contributed by atoms with Gasteiger partial charge in [-0.05, 0) is 38.3 Å². The summed E-state index contributed by atoms with van der Waals surface area (Å²) in [5.41, 5.74) is 0.190. The van der Waals surface area contributed by atoms with Crippen LogP contribution >= 0.6 is 0 Å². The molecule has 0 radical (unpaired) electrons. The Bertz CT molecular complexity index is 1020. The van der Waals surface area contributed by atoms with E-state index >= 15 is 0 Å². The third-order valence-electron chi connectivity index (χ3n) is 7.05. The van der Waals surface area contributed by atoms with Crippen LogP contribution in [-0.2, 0) is 20.7 Å². The van der Waals surface area contributed by atoms with E-state index in [1.807, 2.05) is 29.7 Å². The quantitative estimate of drug-likeness (QED) is 0.394. The highest BCUT2D eigenvalue weighted by atomic mass is 16.6. The summed E-state index contributed by atoms with van der Waals surface area (Å²) < 4.78 is 6.01. The first-order chi connectivity index (χ1) is 15.2. The van der Waals surface area contributed by atoms with Crippen LogP contribution in [0.2, 0.25) is 0 Å². The van der Waals surface area contributed by atoms with Crippen molar-refractivity contribution in [2.24, 2.45) is 5.41 Å². The number of fused-ring (bicyclic) bond motifs is 4. The van der Waals surface area contributed by atoms with E-state index < -0.39 is 40.3 Å². The molecule has 170 valence electrons. The van der Waals surface area contributed by atoms with Crippen LogP contribution in [0.3, 0.4) is 0 Å². The normalized spacial score (nSPS) is 28.8. The summed E-state index contributed by atoms with van der Waals surface area (Å²) in [7, 11) is 0. The van der Waals surface area contributed by atoms with Gasteiger partial charge in [0.05, 0.1) is 23.2 Å². The Hall–Kier alpha value is -3.21. The fraction of sp³-hybridized carbons (Fsp3) is 0.571. The van der Waals surface area contributed by atoms with Gasteiger partial charge in [0, 0.05) is 37.8 Å². The highest BCUT2D eigenvalue weighted by Crippen LogP contribution is 2.49. The molecule has 32 heavy (non-hydrogen) atoms. The number of anilines is 2. The van der Waals surface area contributed by atoms with Crippen LogP contribution in [0.1, 0.15) is 32.3 Å². The average molecular weight is 443 g/mol. The van der Waals surface area contributed by atoms with E-state index in [-0.39, 0.29) is 18.2 Å². The number of nitrogens with zero attached hydrogens (tertiary/aromatic N) is 3. The van der Waals surface area contributed by atoms with Gasteiger partial charge in [0.1, 0.15) is 5.69 Å². The number of amides is 4. The van der Waals surface area contributed by atoms with Crippen molar-refractivity contribution in [2.75, 3.05) is 29.4 Å². The van der Waals surface area contributed by atoms with E-state index in [2.05, 4.69) is 10.6 Å². The Morgan fingerprint density at radius 1 is 1.09 bits per heavy atom. The second-order valence-corrected chi connectivity index (χ2v) is 9.06. The van der Waals surface area contributed by atoms with Gasteiger partial charge in [-0.2, -0.15) is 0 Å². The van der Waals surface area contributed by atoms with Crippen molar-refractivity contribution < 1.29 is 24.0 Å². The molecule has 0 aromatic heterocycles. The third kappa shape index (κ3) is 2.87. The summed E-state index contributed by atoms with van der Waals surface area (Å²) in [4.78, 5) is 53.6. The summed E-state index contributed by atoms with van der Waals surface area (Å²) in [6, 6.07) is 1.79. The molecule has 0 aliphatic carbocycles. The first kappa shape index (κ1) is 20.7. The Labute approximate surface area is 184 Å². The number of hydrogen-bond donors (Lipinski definition) is 2. The molecule has 2 N–H and O–H groups in total. The molecular formula is C21H25N5O6. The van der Waals surface area contributed by atoms with E-state index in [0.29, 0.717) is 17.8 Å². The number of carbonyl (C=O) groups excluding carboxylic acids is 3. The lowest BCUT2D eigenvalue weighted by Gasteiger charge is -2.55. The van der Waals surface area contributed by atoms with Crippen LogP contribution < -0.4 is 20.4 Å². The zero-order chi connectivity index (χ0) is 22.8. The number of nitro benzene ring substituents is 1. The number of morpholine rings is 1. The van der Waals surface area contributed by atoms with Crippen LogP contribution in [0.15, 0.2) is 12.1 Å². The number of rotatable bonds is 2. The van der Waals surface area contributed by atoms with Gasteiger partial charge in [0.2, 0.25) is 11.8 Å². The molecule has 1 aromatic carbocycles. The minimum absolute atomic E-state index is 0.0405. The zero-order valence-corrected chi connectivity index (χ0v) is 17.9. The topological polar surface area (TPSA) is 134 Å². The smallest absolute Gasteiger partial charge is 0.328 e. The number of urea groups is 1. The molecule has 5 rings (SSSR count). The molecule has 3 atom stereocenters. The number of nitrogens with one attached hydrogen (secondary N) is 2. The van der Waals surface area contributed by atoms with E-state index in [9.17, 15) is 24.5 Å². The van der Waals surface area contributed by atoms with Crippen molar-refractivity contribution in [3.05, 3.63) is 27.8 Å². The maximum absolute atomic E-state index is 13.2. The van der Waals surface area contributed by atoms with Crippen LogP contribution in [0.25, 0.3) is 0 Å². The minimum Gasteiger partial charge on any atom is -0.372 e. The number of hydrogen-bond acceptors (Lipinski definition) is 8. The number of imide groups is 2. The van der Waals surface area contributed by atoms with E-state index in [0.717, 1.165) is 31.6 Å². The second-order valence-electron chi connectivity index (χ2n) is 9.06. The van der Waals surface area contributed by atoms with Gasteiger partial charge in [-0.15, -0.1) is 0 Å². The predicted octanol–water partition coefficient (Wildman–Crippen LogP) is 1.09. The van der Waals surface area contributed by atoms with Gasteiger partial charge < -0.3 is 14.5 Å². The molecule has 4 aliphatic heterocycles. The first-order valence-corrected chi connectivity index (χ1v) is 10.9. The number of nitro groups is 1. The maximum atomic E-state index is 13.2.